The second kappa shape index (κ2) is 6.84. The number of fused-ring (bicyclic) bond motifs is 2. The summed E-state index contributed by atoms with van der Waals surface area (Å²) in [4.78, 5) is 0. The Morgan fingerprint density at radius 3 is 1.47 bits per heavy atom. The molecular weight excluding hydrogens is 376 g/mol. The summed E-state index contributed by atoms with van der Waals surface area (Å²) in [7, 11) is 0. The highest BCUT2D eigenvalue weighted by Gasteiger charge is 2.41. The highest BCUT2D eigenvalue weighted by atomic mass is 16.3. The average molecular weight is 400 g/mol. The molecule has 0 heterocycles. The van der Waals surface area contributed by atoms with E-state index in [2.05, 4.69) is 0 Å². The summed E-state index contributed by atoms with van der Waals surface area (Å²) in [5, 5.41) is 45.6. The minimum atomic E-state index is -0.570. The van der Waals surface area contributed by atoms with Crippen molar-refractivity contribution in [2.24, 2.45) is 0 Å². The van der Waals surface area contributed by atoms with Gasteiger partial charge >= 0.3 is 0 Å². The lowest BCUT2D eigenvalue weighted by Gasteiger charge is -2.40. The van der Waals surface area contributed by atoms with Crippen LogP contribution in [-0.4, -0.2) is 20.4 Å². The molecular formula is C26H24O4. The summed E-state index contributed by atoms with van der Waals surface area (Å²) < 4.78 is 0. The van der Waals surface area contributed by atoms with Crippen LogP contribution in [0.2, 0.25) is 0 Å². The molecule has 1 fully saturated rings. The van der Waals surface area contributed by atoms with E-state index < -0.39 is 5.41 Å². The van der Waals surface area contributed by atoms with Gasteiger partial charge in [-0.25, -0.2) is 0 Å². The maximum Gasteiger partial charge on any atom is 0.120 e. The molecule has 0 aliphatic heterocycles. The molecule has 0 amide bonds. The van der Waals surface area contributed by atoms with E-state index in [1.807, 2.05) is 24.3 Å². The summed E-state index contributed by atoms with van der Waals surface area (Å²) in [6.07, 6.45) is 4.69. The lowest BCUT2D eigenvalue weighted by Crippen LogP contribution is -2.31. The number of hydrogen-bond acceptors (Lipinski definition) is 4. The van der Waals surface area contributed by atoms with Crippen LogP contribution < -0.4 is 0 Å². The van der Waals surface area contributed by atoms with Crippen LogP contribution >= 0.6 is 0 Å². The van der Waals surface area contributed by atoms with Crippen molar-refractivity contribution in [3.05, 3.63) is 71.8 Å². The van der Waals surface area contributed by atoms with E-state index in [9.17, 15) is 20.4 Å². The Morgan fingerprint density at radius 2 is 1.00 bits per heavy atom. The van der Waals surface area contributed by atoms with E-state index in [4.69, 9.17) is 0 Å². The van der Waals surface area contributed by atoms with Crippen molar-refractivity contribution in [2.75, 3.05) is 0 Å². The zero-order chi connectivity index (χ0) is 20.9. The Labute approximate surface area is 174 Å². The van der Waals surface area contributed by atoms with E-state index >= 15 is 0 Å². The lowest BCUT2D eigenvalue weighted by atomic mass is 9.63. The van der Waals surface area contributed by atoms with Gasteiger partial charge in [0.1, 0.15) is 23.0 Å². The minimum absolute atomic E-state index is 0.181. The Hall–Kier alpha value is -3.40. The highest BCUT2D eigenvalue weighted by molar-refractivity contribution is 5.94. The van der Waals surface area contributed by atoms with E-state index in [1.165, 1.54) is 0 Å². The minimum Gasteiger partial charge on any atom is -0.508 e. The first-order chi connectivity index (χ1) is 14.5. The molecule has 0 saturated heterocycles. The largest absolute Gasteiger partial charge is 0.508 e. The number of phenols is 4. The normalized spacial score (nSPS) is 16.1. The first kappa shape index (κ1) is 18.6. The van der Waals surface area contributed by atoms with Gasteiger partial charge in [-0.15, -0.1) is 0 Å². The molecule has 0 unspecified atom stereocenters. The Kier molecular flexibility index (Phi) is 4.24. The topological polar surface area (TPSA) is 80.9 Å². The molecule has 0 atom stereocenters. The van der Waals surface area contributed by atoms with Crippen LogP contribution in [-0.2, 0) is 5.41 Å². The molecule has 1 saturated carbocycles. The van der Waals surface area contributed by atoms with E-state index in [0.29, 0.717) is 0 Å². The van der Waals surface area contributed by atoms with Crippen LogP contribution in [0.15, 0.2) is 60.7 Å². The Balaban J connectivity index is 1.91. The van der Waals surface area contributed by atoms with Crippen molar-refractivity contribution < 1.29 is 20.4 Å². The van der Waals surface area contributed by atoms with E-state index in [0.717, 1.165) is 64.8 Å². The van der Waals surface area contributed by atoms with Gasteiger partial charge in [-0.05, 0) is 70.8 Å². The predicted molar refractivity (Wildman–Crippen MR) is 118 cm³/mol. The van der Waals surface area contributed by atoms with Crippen LogP contribution in [0.3, 0.4) is 0 Å². The van der Waals surface area contributed by atoms with Crippen molar-refractivity contribution in [1.29, 1.82) is 0 Å². The molecule has 5 rings (SSSR count). The van der Waals surface area contributed by atoms with Gasteiger partial charge in [0, 0.05) is 16.5 Å². The van der Waals surface area contributed by atoms with Crippen LogP contribution in [0.1, 0.15) is 43.2 Å². The number of rotatable bonds is 2. The Bertz CT molecular complexity index is 1180. The molecule has 4 nitrogen and oxygen atoms in total. The van der Waals surface area contributed by atoms with Crippen LogP contribution in [0.4, 0.5) is 0 Å². The maximum absolute atomic E-state index is 11.1. The van der Waals surface area contributed by atoms with Gasteiger partial charge in [0.2, 0.25) is 0 Å². The van der Waals surface area contributed by atoms with Gasteiger partial charge in [0.15, 0.2) is 0 Å². The van der Waals surface area contributed by atoms with Crippen molar-refractivity contribution >= 4 is 21.5 Å². The predicted octanol–water partition coefficient (Wildman–Crippen LogP) is 6.07. The van der Waals surface area contributed by atoms with Gasteiger partial charge in [0.25, 0.3) is 0 Å². The van der Waals surface area contributed by atoms with Gasteiger partial charge in [0.05, 0.1) is 0 Å². The monoisotopic (exact) mass is 400 g/mol. The molecule has 152 valence electrons. The fraction of sp³-hybridized carbons (Fsp3) is 0.231. The number of aromatic hydroxyl groups is 4. The van der Waals surface area contributed by atoms with Crippen molar-refractivity contribution in [2.45, 2.75) is 37.5 Å². The average Bonchev–Trinajstić information content (AvgIpc) is 2.74. The molecule has 0 radical (unpaired) electrons. The number of benzene rings is 4. The summed E-state index contributed by atoms with van der Waals surface area (Å²) in [6.45, 7) is 0. The van der Waals surface area contributed by atoms with Gasteiger partial charge in [-0.2, -0.15) is 0 Å². The molecule has 30 heavy (non-hydrogen) atoms. The fourth-order valence-corrected chi connectivity index (χ4v) is 5.40. The molecule has 4 N–H and O–H groups in total. The Morgan fingerprint density at radius 1 is 0.533 bits per heavy atom. The van der Waals surface area contributed by atoms with Crippen LogP contribution in [0, 0.1) is 0 Å². The molecule has 4 aromatic carbocycles. The van der Waals surface area contributed by atoms with Crippen LogP contribution in [0.25, 0.3) is 21.5 Å². The zero-order valence-corrected chi connectivity index (χ0v) is 16.6. The first-order valence-corrected chi connectivity index (χ1v) is 10.4. The molecule has 1 aliphatic rings. The molecule has 0 aromatic heterocycles. The maximum atomic E-state index is 11.1. The van der Waals surface area contributed by atoms with E-state index in [1.54, 1.807) is 36.4 Å². The molecule has 1 aliphatic carbocycles. The third-order valence-electron chi connectivity index (χ3n) is 6.63. The van der Waals surface area contributed by atoms with Gasteiger partial charge in [-0.3, -0.25) is 0 Å². The standard InChI is InChI=1S/C26H24O4/c27-18-6-8-20-16(14-18)4-10-22(29)24(20)26(12-2-1-3-13-26)25-21-9-7-19(28)15-17(21)5-11-23(25)30/h4-11,14-15,27-30H,1-3,12-13H2. The third kappa shape index (κ3) is 2.75. The summed E-state index contributed by atoms with van der Waals surface area (Å²) in [5.41, 5.74) is 1.03. The van der Waals surface area contributed by atoms with Crippen molar-refractivity contribution in [1.82, 2.24) is 0 Å². The first-order valence-electron chi connectivity index (χ1n) is 10.4. The quantitative estimate of drug-likeness (QED) is 0.329. The highest BCUT2D eigenvalue weighted by Crippen LogP contribution is 2.54. The van der Waals surface area contributed by atoms with E-state index in [-0.39, 0.29) is 23.0 Å². The smallest absolute Gasteiger partial charge is 0.120 e. The third-order valence-corrected chi connectivity index (χ3v) is 6.63. The van der Waals surface area contributed by atoms with Gasteiger partial charge in [-0.1, -0.05) is 43.5 Å². The summed E-state index contributed by atoms with van der Waals surface area (Å²) in [6, 6.07) is 17.4. The second-order valence-corrected chi connectivity index (χ2v) is 8.37. The van der Waals surface area contributed by atoms with Crippen molar-refractivity contribution in [3.8, 4) is 23.0 Å². The zero-order valence-electron chi connectivity index (χ0n) is 16.6. The second-order valence-electron chi connectivity index (χ2n) is 8.37. The lowest BCUT2D eigenvalue weighted by molar-refractivity contribution is 0.326. The number of hydrogen-bond donors (Lipinski definition) is 4. The SMILES string of the molecule is Oc1ccc2c(C3(c4c(O)ccc5cc(O)ccc45)CCCCC3)c(O)ccc2c1. The molecule has 4 aromatic rings. The van der Waals surface area contributed by atoms with Crippen molar-refractivity contribution in [3.63, 3.8) is 0 Å². The summed E-state index contributed by atoms with van der Waals surface area (Å²) >= 11 is 0. The fourth-order valence-electron chi connectivity index (χ4n) is 5.40. The molecule has 4 heteroatoms. The van der Waals surface area contributed by atoms with Gasteiger partial charge < -0.3 is 20.4 Å². The summed E-state index contributed by atoms with van der Waals surface area (Å²) in [5.74, 6) is 0.760. The number of phenolic OH excluding ortho intramolecular Hbond substituents is 4. The molecule has 0 bridgehead atoms. The van der Waals surface area contributed by atoms with Crippen LogP contribution in [0.5, 0.6) is 23.0 Å². The molecule has 0 spiro atoms.